The molecule has 1 aliphatic heterocycles. The van der Waals surface area contributed by atoms with Gasteiger partial charge in [0.2, 0.25) is 0 Å². The Kier molecular flexibility index (Phi) is 3.65. The molecule has 1 saturated carbocycles. The second kappa shape index (κ2) is 5.10. The molecular weight excluding hydrogens is 339 g/mol. The van der Waals surface area contributed by atoms with Gasteiger partial charge in [-0.1, -0.05) is 24.6 Å². The summed E-state index contributed by atoms with van der Waals surface area (Å²) in [5.41, 5.74) is 1.21. The Morgan fingerprint density at radius 2 is 1.83 bits per heavy atom. The van der Waals surface area contributed by atoms with Gasteiger partial charge in [0.1, 0.15) is 6.10 Å². The average molecular weight is 357 g/mol. The molecule has 2 atom stereocenters. The fourth-order valence-corrected chi connectivity index (χ4v) is 3.66. The highest BCUT2D eigenvalue weighted by molar-refractivity contribution is 14.1. The Labute approximate surface area is 122 Å². The zero-order chi connectivity index (χ0) is 12.6. The maximum absolute atomic E-state index is 6.28. The molecule has 3 rings (SSSR count). The van der Waals surface area contributed by atoms with E-state index in [0.29, 0.717) is 0 Å². The van der Waals surface area contributed by atoms with Crippen LogP contribution in [0.3, 0.4) is 0 Å². The smallest absolute Gasteiger partial charge is 0.169 e. The number of hydrogen-bond donors (Lipinski definition) is 0. The van der Waals surface area contributed by atoms with Gasteiger partial charge in [0, 0.05) is 16.4 Å². The van der Waals surface area contributed by atoms with Crippen LogP contribution in [0.15, 0.2) is 24.3 Å². The first kappa shape index (κ1) is 12.9. The minimum atomic E-state index is -0.353. The highest BCUT2D eigenvalue weighted by atomic mass is 127. The van der Waals surface area contributed by atoms with Gasteiger partial charge in [0.05, 0.1) is 6.10 Å². The van der Waals surface area contributed by atoms with Crippen molar-refractivity contribution in [2.75, 3.05) is 0 Å². The van der Waals surface area contributed by atoms with Crippen LogP contribution in [0.2, 0.25) is 0 Å². The minimum Gasteiger partial charge on any atom is -0.344 e. The van der Waals surface area contributed by atoms with Crippen LogP contribution in [0.25, 0.3) is 0 Å². The molecule has 2 unspecified atom stereocenters. The van der Waals surface area contributed by atoms with Gasteiger partial charge in [0.25, 0.3) is 0 Å². The normalized spacial score (nSPS) is 30.8. The molecule has 3 heteroatoms. The summed E-state index contributed by atoms with van der Waals surface area (Å²) in [5, 5.41) is 0. The van der Waals surface area contributed by atoms with Crippen LogP contribution in [-0.4, -0.2) is 11.9 Å². The largest absolute Gasteiger partial charge is 0.344 e. The third-order valence-corrected chi connectivity index (χ3v) is 4.86. The van der Waals surface area contributed by atoms with Crippen molar-refractivity contribution in [2.24, 2.45) is 0 Å². The summed E-state index contributed by atoms with van der Waals surface area (Å²) in [5.74, 6) is -0.353. The van der Waals surface area contributed by atoms with Crippen molar-refractivity contribution in [3.63, 3.8) is 0 Å². The van der Waals surface area contributed by atoms with Crippen LogP contribution >= 0.6 is 22.6 Å². The van der Waals surface area contributed by atoms with Gasteiger partial charge in [-0.25, -0.2) is 0 Å². The molecule has 1 radical (unpaired) electrons. The van der Waals surface area contributed by atoms with Crippen molar-refractivity contribution in [2.45, 2.75) is 50.1 Å². The molecule has 2 fully saturated rings. The van der Waals surface area contributed by atoms with E-state index in [4.69, 9.17) is 9.47 Å². The van der Waals surface area contributed by atoms with E-state index in [2.05, 4.69) is 53.8 Å². The Balaban J connectivity index is 1.84. The average Bonchev–Trinajstić information content (AvgIpc) is 2.67. The third-order valence-electron chi connectivity index (χ3n) is 3.87. The lowest BCUT2D eigenvalue weighted by Gasteiger charge is -2.31. The molecule has 1 aliphatic carbocycles. The van der Waals surface area contributed by atoms with Gasteiger partial charge in [-0.3, -0.25) is 0 Å². The molecular formula is C15H18IO2. The van der Waals surface area contributed by atoms with Gasteiger partial charge in [-0.05, 0) is 54.0 Å². The fourth-order valence-electron chi connectivity index (χ4n) is 2.97. The molecule has 1 heterocycles. The third kappa shape index (κ3) is 2.32. The first-order chi connectivity index (χ1) is 8.70. The van der Waals surface area contributed by atoms with E-state index >= 15 is 0 Å². The number of benzene rings is 1. The molecule has 1 aromatic rings. The van der Waals surface area contributed by atoms with Crippen LogP contribution in [-0.2, 0) is 9.47 Å². The molecule has 0 amide bonds. The summed E-state index contributed by atoms with van der Waals surface area (Å²) < 4.78 is 13.6. The Morgan fingerprint density at radius 1 is 1.11 bits per heavy atom. The van der Waals surface area contributed by atoms with Gasteiger partial charge < -0.3 is 9.47 Å². The maximum Gasteiger partial charge on any atom is 0.169 e. The van der Waals surface area contributed by atoms with Crippen molar-refractivity contribution in [1.29, 1.82) is 0 Å². The fraction of sp³-hybridized carbons (Fsp3) is 0.533. The van der Waals surface area contributed by atoms with Gasteiger partial charge in [0.15, 0.2) is 5.79 Å². The summed E-state index contributed by atoms with van der Waals surface area (Å²) in [6, 6.07) is 8.34. The minimum absolute atomic E-state index is 0.0174. The lowest BCUT2D eigenvalue weighted by atomic mass is 9.94. The van der Waals surface area contributed by atoms with E-state index in [1.807, 2.05) is 0 Å². The lowest BCUT2D eigenvalue weighted by molar-refractivity contribution is -0.192. The van der Waals surface area contributed by atoms with Gasteiger partial charge >= 0.3 is 0 Å². The first-order valence-corrected chi connectivity index (χ1v) is 7.71. The van der Waals surface area contributed by atoms with Gasteiger partial charge in [-0.2, -0.15) is 0 Å². The molecule has 1 saturated heterocycles. The molecule has 18 heavy (non-hydrogen) atoms. The maximum atomic E-state index is 6.28. The summed E-state index contributed by atoms with van der Waals surface area (Å²) in [6.07, 6.45) is 5.61. The van der Waals surface area contributed by atoms with Crippen molar-refractivity contribution in [3.8, 4) is 0 Å². The predicted molar refractivity (Wildman–Crippen MR) is 79.0 cm³/mol. The monoisotopic (exact) mass is 357 g/mol. The second-order valence-corrected chi connectivity index (χ2v) is 6.35. The summed E-state index contributed by atoms with van der Waals surface area (Å²) in [7, 11) is 0. The van der Waals surface area contributed by atoms with Crippen LogP contribution in [0.5, 0.6) is 0 Å². The van der Waals surface area contributed by atoms with Crippen LogP contribution in [0.1, 0.15) is 43.8 Å². The topological polar surface area (TPSA) is 18.5 Å². The molecule has 1 aromatic carbocycles. The molecule has 0 bridgehead atoms. The quantitative estimate of drug-likeness (QED) is 0.700. The predicted octanol–water partition coefficient (Wildman–Crippen LogP) is 4.24. The van der Waals surface area contributed by atoms with Crippen LogP contribution < -0.4 is 0 Å². The first-order valence-electron chi connectivity index (χ1n) is 6.63. The SMILES string of the molecule is [CH2]C1OC2(CCCCC2)OC1c1ccccc1I. The number of hydrogen-bond acceptors (Lipinski definition) is 2. The molecule has 2 aliphatic rings. The summed E-state index contributed by atoms with van der Waals surface area (Å²) in [4.78, 5) is 0. The van der Waals surface area contributed by atoms with Crippen molar-refractivity contribution >= 4 is 22.6 Å². The summed E-state index contributed by atoms with van der Waals surface area (Å²) in [6.45, 7) is 4.14. The van der Waals surface area contributed by atoms with E-state index in [-0.39, 0.29) is 18.0 Å². The van der Waals surface area contributed by atoms with Gasteiger partial charge in [-0.15, -0.1) is 0 Å². The molecule has 2 nitrogen and oxygen atoms in total. The number of ether oxygens (including phenoxy) is 2. The van der Waals surface area contributed by atoms with E-state index in [1.165, 1.54) is 28.4 Å². The molecule has 1 spiro atoms. The Hall–Kier alpha value is -0.130. The second-order valence-electron chi connectivity index (χ2n) is 5.19. The zero-order valence-electron chi connectivity index (χ0n) is 10.4. The Bertz CT molecular complexity index is 426. The van der Waals surface area contributed by atoms with E-state index in [1.54, 1.807) is 0 Å². The molecule has 97 valence electrons. The molecule has 0 aromatic heterocycles. The number of rotatable bonds is 1. The number of halogens is 1. The van der Waals surface area contributed by atoms with Crippen molar-refractivity contribution in [3.05, 3.63) is 40.3 Å². The summed E-state index contributed by atoms with van der Waals surface area (Å²) >= 11 is 2.36. The lowest BCUT2D eigenvalue weighted by Crippen LogP contribution is -2.33. The van der Waals surface area contributed by atoms with Crippen molar-refractivity contribution in [1.82, 2.24) is 0 Å². The highest BCUT2D eigenvalue weighted by Gasteiger charge is 2.47. The highest BCUT2D eigenvalue weighted by Crippen LogP contribution is 2.46. The van der Waals surface area contributed by atoms with E-state index in [0.717, 1.165) is 12.8 Å². The van der Waals surface area contributed by atoms with Crippen LogP contribution in [0.4, 0.5) is 0 Å². The standard InChI is InChI=1S/C15H18IO2/c1-11-14(12-7-3-4-8-13(12)16)18-15(17-11)9-5-2-6-10-15/h3-4,7-8,11,14H,1-2,5-6,9-10H2. The zero-order valence-corrected chi connectivity index (χ0v) is 12.6. The van der Waals surface area contributed by atoms with E-state index < -0.39 is 0 Å². The van der Waals surface area contributed by atoms with Crippen LogP contribution in [0, 0.1) is 10.5 Å². The Morgan fingerprint density at radius 3 is 2.56 bits per heavy atom. The van der Waals surface area contributed by atoms with E-state index in [9.17, 15) is 0 Å². The molecule has 0 N–H and O–H groups in total. The van der Waals surface area contributed by atoms with Crippen molar-refractivity contribution < 1.29 is 9.47 Å².